The van der Waals surface area contributed by atoms with Crippen LogP contribution in [-0.4, -0.2) is 33.3 Å². The lowest BCUT2D eigenvalue weighted by molar-refractivity contribution is 0.0238. The molecule has 1 aromatic rings. The maximum absolute atomic E-state index is 10.2. The normalized spacial score (nSPS) is 12.4. The Hall–Kier alpha value is -1.36. The van der Waals surface area contributed by atoms with E-state index < -0.39 is 11.1 Å². The zero-order chi connectivity index (χ0) is 14.8. The number of aromatic nitrogens is 2. The van der Waals surface area contributed by atoms with Crippen molar-refractivity contribution < 1.29 is 5.11 Å². The van der Waals surface area contributed by atoms with Gasteiger partial charge in [-0.1, -0.05) is 6.92 Å². The predicted molar refractivity (Wildman–Crippen MR) is 79.7 cm³/mol. The highest BCUT2D eigenvalue weighted by Gasteiger charge is 2.35. The molecule has 3 N–H and O–H groups in total. The minimum absolute atomic E-state index is 0.498. The summed E-state index contributed by atoms with van der Waals surface area (Å²) in [6.45, 7) is 11.5. The summed E-state index contributed by atoms with van der Waals surface area (Å²) < 4.78 is 0. The molecular formula is C14H26N4O. The molecule has 19 heavy (non-hydrogen) atoms. The van der Waals surface area contributed by atoms with Gasteiger partial charge in [-0.3, -0.25) is 0 Å². The number of hydrogen-bond donors (Lipinski definition) is 3. The Morgan fingerprint density at radius 1 is 1.11 bits per heavy atom. The van der Waals surface area contributed by atoms with E-state index in [2.05, 4.69) is 20.6 Å². The van der Waals surface area contributed by atoms with Gasteiger partial charge in [0.15, 0.2) is 0 Å². The van der Waals surface area contributed by atoms with Gasteiger partial charge in [-0.05, 0) is 34.6 Å². The van der Waals surface area contributed by atoms with Crippen molar-refractivity contribution >= 4 is 11.6 Å². The number of anilines is 2. The number of nitrogens with one attached hydrogen (secondary N) is 2. The van der Waals surface area contributed by atoms with Crippen LogP contribution in [0.5, 0.6) is 0 Å². The van der Waals surface area contributed by atoms with E-state index in [1.54, 1.807) is 13.8 Å². The molecule has 0 bridgehead atoms. The van der Waals surface area contributed by atoms with E-state index in [1.807, 2.05) is 34.7 Å². The second-order valence-corrected chi connectivity index (χ2v) is 5.87. The van der Waals surface area contributed by atoms with E-state index in [-0.39, 0.29) is 0 Å². The van der Waals surface area contributed by atoms with Crippen LogP contribution >= 0.6 is 0 Å². The van der Waals surface area contributed by atoms with Crippen molar-refractivity contribution in [2.24, 2.45) is 0 Å². The molecule has 1 heterocycles. The summed E-state index contributed by atoms with van der Waals surface area (Å²) >= 11 is 0. The molecule has 0 aliphatic carbocycles. The molecule has 0 fully saturated rings. The van der Waals surface area contributed by atoms with Crippen molar-refractivity contribution in [1.82, 2.24) is 9.97 Å². The lowest BCUT2D eigenvalue weighted by Crippen LogP contribution is -2.51. The van der Waals surface area contributed by atoms with E-state index in [9.17, 15) is 5.11 Å². The Bertz CT molecular complexity index is 449. The first-order valence-electron chi connectivity index (χ1n) is 6.68. The highest BCUT2D eigenvalue weighted by molar-refractivity contribution is 5.58. The fourth-order valence-electron chi connectivity index (χ4n) is 1.54. The summed E-state index contributed by atoms with van der Waals surface area (Å²) in [6.07, 6.45) is 0.770. The maximum Gasteiger partial charge on any atom is 0.135 e. The number of aliphatic hydroxyl groups is 1. The molecule has 5 nitrogen and oxygen atoms in total. The molecule has 0 aromatic carbocycles. The quantitative estimate of drug-likeness (QED) is 0.763. The van der Waals surface area contributed by atoms with Gasteiger partial charge in [-0.25, -0.2) is 9.97 Å². The lowest BCUT2D eigenvalue weighted by Gasteiger charge is -2.38. The molecule has 0 saturated heterocycles. The molecule has 1 rings (SSSR count). The number of nitrogens with zero attached hydrogens (tertiary/aromatic N) is 2. The Balaban J connectivity index is 3.21. The smallest absolute Gasteiger partial charge is 0.135 e. The molecular weight excluding hydrogens is 240 g/mol. The molecule has 0 unspecified atom stereocenters. The summed E-state index contributed by atoms with van der Waals surface area (Å²) in [7, 11) is 1.85. The third-order valence-electron chi connectivity index (χ3n) is 3.71. The van der Waals surface area contributed by atoms with Gasteiger partial charge in [0.2, 0.25) is 0 Å². The van der Waals surface area contributed by atoms with Crippen molar-refractivity contribution in [3.8, 4) is 0 Å². The number of rotatable bonds is 5. The second kappa shape index (κ2) is 5.33. The van der Waals surface area contributed by atoms with Gasteiger partial charge in [-0.2, -0.15) is 0 Å². The molecule has 1 aromatic heterocycles. The highest BCUT2D eigenvalue weighted by atomic mass is 16.3. The molecule has 0 aliphatic rings. The minimum atomic E-state index is -0.865. The maximum atomic E-state index is 10.2. The molecule has 0 saturated carbocycles. The second-order valence-electron chi connectivity index (χ2n) is 5.87. The summed E-state index contributed by atoms with van der Waals surface area (Å²) in [4.78, 5) is 8.96. The van der Waals surface area contributed by atoms with Crippen LogP contribution in [0.4, 0.5) is 11.6 Å². The van der Waals surface area contributed by atoms with Crippen LogP contribution in [-0.2, 0) is 6.42 Å². The third-order valence-corrected chi connectivity index (χ3v) is 3.71. The van der Waals surface area contributed by atoms with E-state index in [4.69, 9.17) is 0 Å². The Morgan fingerprint density at radius 3 is 2.05 bits per heavy atom. The van der Waals surface area contributed by atoms with Crippen molar-refractivity contribution in [2.75, 3.05) is 17.7 Å². The Morgan fingerprint density at radius 2 is 1.63 bits per heavy atom. The highest BCUT2D eigenvalue weighted by Crippen LogP contribution is 2.28. The first-order chi connectivity index (χ1) is 8.62. The predicted octanol–water partition coefficient (Wildman–Crippen LogP) is 2.35. The van der Waals surface area contributed by atoms with Crippen LogP contribution in [0.1, 0.15) is 46.0 Å². The molecule has 0 amide bonds. The first-order valence-corrected chi connectivity index (χ1v) is 6.68. The summed E-state index contributed by atoms with van der Waals surface area (Å²) in [5.41, 5.74) is -0.407. The van der Waals surface area contributed by atoms with Gasteiger partial charge in [0.25, 0.3) is 0 Å². The van der Waals surface area contributed by atoms with Crippen molar-refractivity contribution in [2.45, 2.75) is 59.1 Å². The van der Waals surface area contributed by atoms with Crippen LogP contribution in [0.25, 0.3) is 0 Å². The van der Waals surface area contributed by atoms with E-state index in [0.29, 0.717) is 0 Å². The van der Waals surface area contributed by atoms with E-state index in [0.717, 1.165) is 29.4 Å². The fourth-order valence-corrected chi connectivity index (χ4v) is 1.54. The van der Waals surface area contributed by atoms with Gasteiger partial charge in [0.05, 0.1) is 11.1 Å². The fraction of sp³-hybridized carbons (Fsp3) is 0.714. The first kappa shape index (κ1) is 15.7. The molecule has 108 valence electrons. The van der Waals surface area contributed by atoms with Crippen LogP contribution in [0, 0.1) is 6.92 Å². The standard InChI is InChI=1S/C14H26N4O/c1-8-10-16-11(15-7)9(2)12(17-10)18-13(3,4)14(5,6)19/h19H,8H2,1-7H3,(H2,15,16,17,18). The van der Waals surface area contributed by atoms with Crippen molar-refractivity contribution in [1.29, 1.82) is 0 Å². The summed E-state index contributed by atoms with van der Waals surface area (Å²) in [5, 5.41) is 16.6. The molecule has 0 spiro atoms. The van der Waals surface area contributed by atoms with Gasteiger partial charge in [-0.15, -0.1) is 0 Å². The van der Waals surface area contributed by atoms with Crippen molar-refractivity contribution in [3.63, 3.8) is 0 Å². The van der Waals surface area contributed by atoms with E-state index in [1.165, 1.54) is 0 Å². The van der Waals surface area contributed by atoms with Crippen LogP contribution in [0.3, 0.4) is 0 Å². The van der Waals surface area contributed by atoms with Crippen LogP contribution in [0.2, 0.25) is 0 Å². The van der Waals surface area contributed by atoms with Gasteiger partial charge in [0.1, 0.15) is 17.5 Å². The molecule has 0 aliphatic heterocycles. The lowest BCUT2D eigenvalue weighted by atomic mass is 9.86. The summed E-state index contributed by atoms with van der Waals surface area (Å²) in [5.74, 6) is 2.37. The monoisotopic (exact) mass is 266 g/mol. The van der Waals surface area contributed by atoms with E-state index >= 15 is 0 Å². The van der Waals surface area contributed by atoms with Crippen molar-refractivity contribution in [3.05, 3.63) is 11.4 Å². The Kier molecular flexibility index (Phi) is 4.40. The molecule has 0 atom stereocenters. The topological polar surface area (TPSA) is 70.1 Å². The number of aryl methyl sites for hydroxylation is 1. The van der Waals surface area contributed by atoms with Gasteiger partial charge in [0, 0.05) is 19.0 Å². The average Bonchev–Trinajstić information content (AvgIpc) is 2.30. The van der Waals surface area contributed by atoms with Crippen LogP contribution < -0.4 is 10.6 Å². The van der Waals surface area contributed by atoms with Gasteiger partial charge >= 0.3 is 0 Å². The third kappa shape index (κ3) is 3.35. The SMILES string of the molecule is CCc1nc(NC)c(C)c(NC(C)(C)C(C)(C)O)n1. The molecule has 5 heteroatoms. The molecule has 0 radical (unpaired) electrons. The Labute approximate surface area is 115 Å². The minimum Gasteiger partial charge on any atom is -0.388 e. The summed E-state index contributed by atoms with van der Waals surface area (Å²) in [6, 6.07) is 0. The zero-order valence-corrected chi connectivity index (χ0v) is 13.0. The largest absolute Gasteiger partial charge is 0.388 e. The zero-order valence-electron chi connectivity index (χ0n) is 13.0. The number of hydrogen-bond acceptors (Lipinski definition) is 5. The van der Waals surface area contributed by atoms with Crippen LogP contribution in [0.15, 0.2) is 0 Å². The average molecular weight is 266 g/mol. The van der Waals surface area contributed by atoms with Gasteiger partial charge < -0.3 is 15.7 Å².